The van der Waals surface area contributed by atoms with Gasteiger partial charge in [-0.2, -0.15) is 0 Å². The Morgan fingerprint density at radius 3 is 2.74 bits per heavy atom. The van der Waals surface area contributed by atoms with Crippen LogP contribution in [-0.4, -0.2) is 21.6 Å². The van der Waals surface area contributed by atoms with Gasteiger partial charge in [0.25, 0.3) is 5.91 Å². The number of aliphatic carboxylic acids is 1. The fourth-order valence-electron chi connectivity index (χ4n) is 3.46. The van der Waals surface area contributed by atoms with Gasteiger partial charge in [0.2, 0.25) is 0 Å². The van der Waals surface area contributed by atoms with E-state index in [1.54, 1.807) is 4.57 Å². The summed E-state index contributed by atoms with van der Waals surface area (Å²) in [5, 5.41) is 12.2. The molecular weight excluding hydrogens is 310 g/mol. The van der Waals surface area contributed by atoms with Gasteiger partial charge < -0.3 is 5.11 Å². The summed E-state index contributed by atoms with van der Waals surface area (Å²) < 4.78 is 1.79. The third-order valence-corrected chi connectivity index (χ3v) is 5.41. The number of carboxylic acid groups (broad SMARTS) is 1. The Morgan fingerprint density at radius 2 is 2.00 bits per heavy atom. The maximum atomic E-state index is 12.9. The van der Waals surface area contributed by atoms with E-state index >= 15 is 0 Å². The van der Waals surface area contributed by atoms with Gasteiger partial charge >= 0.3 is 5.97 Å². The second-order valence-electron chi connectivity index (χ2n) is 5.84. The van der Waals surface area contributed by atoms with Crippen molar-refractivity contribution in [3.05, 3.63) is 57.9 Å². The minimum absolute atomic E-state index is 0.0220. The van der Waals surface area contributed by atoms with Crippen LogP contribution in [0.5, 0.6) is 0 Å². The maximum absolute atomic E-state index is 12.9. The second-order valence-corrected chi connectivity index (χ2v) is 6.79. The number of fused-ring (bicyclic) bond motifs is 3. The van der Waals surface area contributed by atoms with E-state index in [9.17, 15) is 14.7 Å². The Balaban J connectivity index is 1.92. The van der Waals surface area contributed by atoms with Gasteiger partial charge in [0.15, 0.2) is 0 Å². The Morgan fingerprint density at radius 1 is 1.17 bits per heavy atom. The molecule has 0 saturated heterocycles. The van der Waals surface area contributed by atoms with E-state index in [-0.39, 0.29) is 11.8 Å². The molecule has 0 saturated carbocycles. The Labute approximate surface area is 137 Å². The van der Waals surface area contributed by atoms with Gasteiger partial charge in [-0.15, -0.1) is 11.3 Å². The molecule has 1 aliphatic carbocycles. The third kappa shape index (κ3) is 2.19. The standard InChI is InChI=1S/C18H15NO3S/c20-17(16-6-3-9-23-16)19-14-5-2-1-4-12(14)13-10-11(18(21)22)7-8-15(13)19/h1-6,9,11H,7-8,10H2,(H,21,22). The Hall–Kier alpha value is -2.40. The maximum Gasteiger partial charge on any atom is 0.306 e. The first kappa shape index (κ1) is 14.2. The summed E-state index contributed by atoms with van der Waals surface area (Å²) in [6.45, 7) is 0. The molecule has 3 aromatic rings. The van der Waals surface area contributed by atoms with Crippen LogP contribution in [0.4, 0.5) is 0 Å². The van der Waals surface area contributed by atoms with Crippen molar-refractivity contribution in [2.45, 2.75) is 19.3 Å². The van der Waals surface area contributed by atoms with Gasteiger partial charge in [-0.1, -0.05) is 24.3 Å². The predicted octanol–water partition coefficient (Wildman–Crippen LogP) is 3.58. The molecule has 2 aromatic heterocycles. The average Bonchev–Trinajstić information content (AvgIpc) is 3.20. The van der Waals surface area contributed by atoms with Gasteiger partial charge in [-0.25, -0.2) is 0 Å². The van der Waals surface area contributed by atoms with Gasteiger partial charge in [0.1, 0.15) is 0 Å². The topological polar surface area (TPSA) is 59.3 Å². The summed E-state index contributed by atoms with van der Waals surface area (Å²) in [5.41, 5.74) is 2.87. The lowest BCUT2D eigenvalue weighted by Crippen LogP contribution is -2.24. The van der Waals surface area contributed by atoms with Crippen molar-refractivity contribution in [2.75, 3.05) is 0 Å². The van der Waals surface area contributed by atoms with E-state index < -0.39 is 5.97 Å². The van der Waals surface area contributed by atoms with E-state index in [1.165, 1.54) is 11.3 Å². The zero-order valence-corrected chi connectivity index (χ0v) is 13.2. The third-order valence-electron chi connectivity index (χ3n) is 4.55. The zero-order valence-electron chi connectivity index (χ0n) is 12.4. The summed E-state index contributed by atoms with van der Waals surface area (Å²) in [7, 11) is 0. The van der Waals surface area contributed by atoms with E-state index in [0.717, 1.165) is 22.2 Å². The van der Waals surface area contributed by atoms with Crippen LogP contribution in [0.3, 0.4) is 0 Å². The lowest BCUT2D eigenvalue weighted by Gasteiger charge is -2.20. The van der Waals surface area contributed by atoms with Crippen LogP contribution >= 0.6 is 11.3 Å². The molecule has 1 N–H and O–H groups in total. The van der Waals surface area contributed by atoms with Gasteiger partial charge in [0, 0.05) is 11.1 Å². The summed E-state index contributed by atoms with van der Waals surface area (Å²) in [6, 6.07) is 11.5. The zero-order chi connectivity index (χ0) is 16.0. The molecule has 1 aromatic carbocycles. The minimum atomic E-state index is -0.753. The summed E-state index contributed by atoms with van der Waals surface area (Å²) in [4.78, 5) is 25.0. The Kier molecular flexibility index (Phi) is 3.31. The molecule has 0 amide bonds. The van der Waals surface area contributed by atoms with Crippen molar-refractivity contribution >= 4 is 34.1 Å². The number of para-hydroxylation sites is 1. The molecule has 116 valence electrons. The molecular formula is C18H15NO3S. The summed E-state index contributed by atoms with van der Waals surface area (Å²) >= 11 is 1.43. The van der Waals surface area contributed by atoms with Crippen LogP contribution in [0.1, 0.15) is 27.3 Å². The van der Waals surface area contributed by atoms with Crippen LogP contribution in [0.2, 0.25) is 0 Å². The first-order valence-corrected chi connectivity index (χ1v) is 8.47. The number of rotatable bonds is 2. The van der Waals surface area contributed by atoms with Crippen molar-refractivity contribution < 1.29 is 14.7 Å². The van der Waals surface area contributed by atoms with Gasteiger partial charge in [-0.3, -0.25) is 14.2 Å². The number of hydrogen-bond acceptors (Lipinski definition) is 3. The molecule has 23 heavy (non-hydrogen) atoms. The molecule has 0 spiro atoms. The van der Waals surface area contributed by atoms with Crippen LogP contribution in [0.15, 0.2) is 41.8 Å². The van der Waals surface area contributed by atoms with Crippen LogP contribution in [0.25, 0.3) is 10.9 Å². The highest BCUT2D eigenvalue weighted by atomic mass is 32.1. The van der Waals surface area contributed by atoms with Gasteiger partial charge in [-0.05, 0) is 42.3 Å². The number of aromatic nitrogens is 1. The van der Waals surface area contributed by atoms with E-state index in [1.807, 2.05) is 41.8 Å². The monoisotopic (exact) mass is 325 g/mol. The van der Waals surface area contributed by atoms with Crippen molar-refractivity contribution in [3.63, 3.8) is 0 Å². The van der Waals surface area contributed by atoms with Crippen molar-refractivity contribution in [3.8, 4) is 0 Å². The number of carbonyl (C=O) groups is 2. The van der Waals surface area contributed by atoms with Crippen LogP contribution < -0.4 is 0 Å². The van der Waals surface area contributed by atoms with Crippen molar-refractivity contribution in [1.29, 1.82) is 0 Å². The summed E-state index contributed by atoms with van der Waals surface area (Å²) in [6.07, 6.45) is 1.70. The van der Waals surface area contributed by atoms with Crippen LogP contribution in [0, 0.1) is 5.92 Å². The minimum Gasteiger partial charge on any atom is -0.481 e. The highest BCUT2D eigenvalue weighted by molar-refractivity contribution is 7.12. The predicted molar refractivity (Wildman–Crippen MR) is 89.1 cm³/mol. The summed E-state index contributed by atoms with van der Waals surface area (Å²) in [5.74, 6) is -1.14. The highest BCUT2D eigenvalue weighted by Crippen LogP contribution is 2.35. The molecule has 2 heterocycles. The number of carboxylic acids is 1. The molecule has 0 radical (unpaired) electrons. The fraction of sp³-hybridized carbons (Fsp3) is 0.222. The lowest BCUT2D eigenvalue weighted by atomic mass is 9.86. The van der Waals surface area contributed by atoms with Crippen molar-refractivity contribution in [2.24, 2.45) is 5.92 Å². The smallest absolute Gasteiger partial charge is 0.306 e. The first-order valence-electron chi connectivity index (χ1n) is 7.59. The molecule has 4 rings (SSSR count). The number of carbonyl (C=O) groups excluding carboxylic acids is 1. The molecule has 0 fully saturated rings. The molecule has 1 atom stereocenters. The number of nitrogens with zero attached hydrogens (tertiary/aromatic N) is 1. The molecule has 0 aliphatic heterocycles. The highest BCUT2D eigenvalue weighted by Gasteiger charge is 2.31. The van der Waals surface area contributed by atoms with E-state index in [0.29, 0.717) is 24.1 Å². The van der Waals surface area contributed by atoms with E-state index in [4.69, 9.17) is 0 Å². The quantitative estimate of drug-likeness (QED) is 0.783. The van der Waals surface area contributed by atoms with Crippen LogP contribution in [-0.2, 0) is 17.6 Å². The molecule has 4 nitrogen and oxygen atoms in total. The normalized spacial score (nSPS) is 17.1. The van der Waals surface area contributed by atoms with Crippen molar-refractivity contribution in [1.82, 2.24) is 4.57 Å². The number of benzene rings is 1. The molecule has 0 bridgehead atoms. The lowest BCUT2D eigenvalue weighted by molar-refractivity contribution is -0.142. The second kappa shape index (κ2) is 5.35. The molecule has 1 aliphatic rings. The first-order chi connectivity index (χ1) is 11.2. The van der Waals surface area contributed by atoms with E-state index in [2.05, 4.69) is 0 Å². The number of thiophene rings is 1. The fourth-order valence-corrected chi connectivity index (χ4v) is 4.12. The molecule has 1 unspecified atom stereocenters. The SMILES string of the molecule is O=C(O)C1CCc2c(c3ccccc3n2C(=O)c2cccs2)C1. The molecule has 5 heteroatoms. The largest absolute Gasteiger partial charge is 0.481 e. The van der Waals surface area contributed by atoms with Gasteiger partial charge in [0.05, 0.1) is 16.3 Å². The number of hydrogen-bond donors (Lipinski definition) is 1. The Bertz CT molecular complexity index is 908. The average molecular weight is 325 g/mol.